The number of carbonyl (C=O) groups excluding carboxylic acids is 1. The fraction of sp³-hybridized carbons (Fsp3) is 0.500. The van der Waals surface area contributed by atoms with E-state index in [4.69, 9.17) is 5.11 Å². The number of carboxylic acid groups (broad SMARTS) is 1. The van der Waals surface area contributed by atoms with Gasteiger partial charge in [-0.3, -0.25) is 5.32 Å². The van der Waals surface area contributed by atoms with Crippen LogP contribution in [-0.2, 0) is 9.53 Å². The molecule has 0 spiro atoms. The molecule has 0 aliphatic carbocycles. The zero-order valence-electron chi connectivity index (χ0n) is 6.90. The maximum absolute atomic E-state index is 10.6. The van der Waals surface area contributed by atoms with Gasteiger partial charge < -0.3 is 9.84 Å². The molecule has 68 valence electrons. The van der Waals surface area contributed by atoms with Gasteiger partial charge in [0.05, 0.1) is 20.1 Å². The maximum Gasteiger partial charge on any atom is 0.410 e. The second-order valence-electron chi connectivity index (χ2n) is 2.13. The van der Waals surface area contributed by atoms with E-state index < -0.39 is 25.4 Å². The molecule has 0 aromatic carbocycles. The van der Waals surface area contributed by atoms with Gasteiger partial charge in [-0.25, -0.2) is 9.59 Å². The van der Waals surface area contributed by atoms with E-state index in [9.17, 15) is 9.59 Å². The molecule has 0 heterocycles. The van der Waals surface area contributed by atoms with Crippen molar-refractivity contribution in [3.8, 4) is 0 Å². The quantitative estimate of drug-likeness (QED) is 0.630. The van der Waals surface area contributed by atoms with Crippen LogP contribution in [0.15, 0.2) is 0 Å². The first-order valence-corrected chi connectivity index (χ1v) is 5.14. The monoisotopic (exact) mass is 192 g/mol. The Hall–Kier alpha value is -1.09. The van der Waals surface area contributed by atoms with Crippen LogP contribution >= 0.6 is 7.55 Å². The molecule has 0 saturated heterocycles. The number of methoxy groups -OCH3 is 1. The molecule has 12 heavy (non-hydrogen) atoms. The summed E-state index contributed by atoms with van der Waals surface area (Å²) in [6.45, 7) is 1.66. The lowest BCUT2D eigenvalue weighted by Crippen LogP contribution is -2.38. The topological polar surface area (TPSA) is 75.6 Å². The number of nitrogens with one attached hydrogen (secondary N) is 1. The van der Waals surface area contributed by atoms with Crippen molar-refractivity contribution in [2.45, 2.75) is 5.78 Å². The van der Waals surface area contributed by atoms with Gasteiger partial charge in [-0.05, 0) is 0 Å². The summed E-state index contributed by atoms with van der Waals surface area (Å²) in [6.07, 6.45) is 2.81. The Labute approximate surface area is 71.1 Å². The van der Waals surface area contributed by atoms with E-state index in [0.717, 1.165) is 0 Å². The number of amides is 1. The lowest BCUT2D eigenvalue weighted by molar-refractivity contribution is -0.137. The summed E-state index contributed by atoms with van der Waals surface area (Å²) in [6, 6.07) is 0. The molecule has 0 aromatic rings. The third-order valence-electron chi connectivity index (χ3n) is 1.11. The van der Waals surface area contributed by atoms with Crippen molar-refractivity contribution in [3.05, 3.63) is 0 Å². The number of rotatable bonds is 3. The Morgan fingerprint density at radius 3 is 2.42 bits per heavy atom. The zero-order chi connectivity index (χ0) is 9.72. The fourth-order valence-corrected chi connectivity index (χ4v) is 1.23. The van der Waals surface area contributed by atoms with Crippen LogP contribution in [-0.4, -0.2) is 43.0 Å². The van der Waals surface area contributed by atoms with Crippen LogP contribution in [0.2, 0.25) is 0 Å². The minimum Gasteiger partial charge on any atom is -0.477 e. The fourth-order valence-electron chi connectivity index (χ4n) is 0.531. The average Bonchev–Trinajstić information content (AvgIpc) is 1.98. The van der Waals surface area contributed by atoms with Gasteiger partial charge in [0, 0.05) is 0 Å². The van der Waals surface area contributed by atoms with Crippen LogP contribution in [0.4, 0.5) is 4.79 Å². The predicted molar refractivity (Wildman–Crippen MR) is 46.9 cm³/mol. The highest BCUT2D eigenvalue weighted by molar-refractivity contribution is 7.56. The first kappa shape index (κ1) is 10.9. The lowest BCUT2D eigenvalue weighted by atomic mass is 10.6. The van der Waals surface area contributed by atoms with Gasteiger partial charge in [0.25, 0.3) is 5.78 Å². The highest BCUT2D eigenvalue weighted by Crippen LogP contribution is 2.19. The number of hydrogen-bond acceptors (Lipinski definition) is 3. The number of ether oxygens (including phenoxy) is 1. The number of aliphatic carboxylic acids is 1. The van der Waals surface area contributed by atoms with Crippen molar-refractivity contribution in [2.75, 3.05) is 13.8 Å². The highest BCUT2D eigenvalue weighted by Gasteiger charge is 2.29. The van der Waals surface area contributed by atoms with E-state index in [2.05, 4.69) is 16.4 Å². The Bertz CT molecular complexity index is 202. The second kappa shape index (κ2) is 4.72. The number of alkyl carbamates (subject to hydrolysis) is 1. The van der Waals surface area contributed by atoms with Crippen LogP contribution in [0.3, 0.4) is 0 Å². The molecule has 0 bridgehead atoms. The van der Waals surface area contributed by atoms with Crippen LogP contribution in [0, 0.1) is 0 Å². The molecular weight excluding hydrogens is 181 g/mol. The van der Waals surface area contributed by atoms with Crippen molar-refractivity contribution < 1.29 is 19.4 Å². The molecule has 0 aliphatic rings. The van der Waals surface area contributed by atoms with E-state index in [1.165, 1.54) is 7.11 Å². The summed E-state index contributed by atoms with van der Waals surface area (Å²) in [7, 11) is 0.173. The van der Waals surface area contributed by atoms with Crippen LogP contribution < -0.4 is 5.32 Å². The first-order chi connectivity index (χ1) is 5.49. The van der Waals surface area contributed by atoms with Crippen molar-refractivity contribution in [3.63, 3.8) is 0 Å². The minimum atomic E-state index is -1.09. The molecule has 2 N–H and O–H groups in total. The lowest BCUT2D eigenvalue weighted by Gasteiger charge is -2.05. The average molecular weight is 192 g/mol. The molecule has 2 atom stereocenters. The minimum absolute atomic E-state index is 0.750. The summed E-state index contributed by atoms with van der Waals surface area (Å²) < 4.78 is 4.25. The molecule has 0 saturated carbocycles. The second-order valence-corrected chi connectivity index (χ2v) is 4.16. The van der Waals surface area contributed by atoms with Gasteiger partial charge in [0.1, 0.15) is 7.55 Å². The standard InChI is InChI=1S/C6H10NO4P/c1-11-6(10)7-4(5(8)9)12(2)3/h4H,2H2,1,3H3,(H-,7,8,9,10)/p+1. The SMILES string of the molecule is C=[P+](C)C(NC(=O)OC)C(=O)O. The van der Waals surface area contributed by atoms with Crippen molar-refractivity contribution >= 4 is 25.9 Å². The number of carbonyl (C=O) groups is 2. The molecule has 2 unspecified atom stereocenters. The van der Waals surface area contributed by atoms with Gasteiger partial charge in [0.15, 0.2) is 0 Å². The predicted octanol–water partition coefficient (Wildman–Crippen LogP) is 0.297. The largest absolute Gasteiger partial charge is 0.477 e. The molecule has 0 fully saturated rings. The van der Waals surface area contributed by atoms with Gasteiger partial charge in [0.2, 0.25) is 0 Å². The molecule has 6 heteroatoms. The summed E-state index contributed by atoms with van der Waals surface area (Å²) >= 11 is 0. The summed E-state index contributed by atoms with van der Waals surface area (Å²) in [5.74, 6) is -2.03. The van der Waals surface area contributed by atoms with Gasteiger partial charge in [-0.1, -0.05) is 0 Å². The van der Waals surface area contributed by atoms with Crippen LogP contribution in [0.25, 0.3) is 0 Å². The van der Waals surface area contributed by atoms with Gasteiger partial charge in [-0.15, -0.1) is 0 Å². The molecular formula is C6H11NO4P+. The van der Waals surface area contributed by atoms with E-state index in [1.54, 1.807) is 6.66 Å². The highest BCUT2D eigenvalue weighted by atomic mass is 31.1. The smallest absolute Gasteiger partial charge is 0.410 e. The first-order valence-electron chi connectivity index (χ1n) is 3.09. The van der Waals surface area contributed by atoms with Crippen molar-refractivity contribution in [1.29, 1.82) is 0 Å². The zero-order valence-corrected chi connectivity index (χ0v) is 7.80. The van der Waals surface area contributed by atoms with E-state index in [0.29, 0.717) is 0 Å². The summed E-state index contributed by atoms with van der Waals surface area (Å²) in [5.41, 5.74) is 0. The normalized spacial score (nSPS) is 13.0. The third kappa shape index (κ3) is 3.34. The van der Waals surface area contributed by atoms with Gasteiger partial charge >= 0.3 is 12.1 Å². The Morgan fingerprint density at radius 2 is 2.17 bits per heavy atom. The van der Waals surface area contributed by atoms with E-state index in [-0.39, 0.29) is 0 Å². The third-order valence-corrected chi connectivity index (χ3v) is 2.35. The van der Waals surface area contributed by atoms with Crippen molar-refractivity contribution in [2.24, 2.45) is 0 Å². The Morgan fingerprint density at radius 1 is 1.67 bits per heavy atom. The molecule has 0 rings (SSSR count). The molecule has 1 amide bonds. The van der Waals surface area contributed by atoms with Crippen LogP contribution in [0.5, 0.6) is 0 Å². The number of hydrogen-bond donors (Lipinski definition) is 2. The molecule has 0 radical (unpaired) electrons. The van der Waals surface area contributed by atoms with E-state index in [1.807, 2.05) is 0 Å². The molecule has 5 nitrogen and oxygen atoms in total. The van der Waals surface area contributed by atoms with Crippen LogP contribution in [0.1, 0.15) is 0 Å². The number of carboxylic acids is 1. The Kier molecular flexibility index (Phi) is 4.29. The Balaban J connectivity index is 4.24. The maximum atomic E-state index is 10.6. The molecule has 0 aliphatic heterocycles. The van der Waals surface area contributed by atoms with E-state index >= 15 is 0 Å². The molecule has 0 aromatic heterocycles. The van der Waals surface area contributed by atoms with Gasteiger partial charge in [-0.2, -0.15) is 0 Å². The summed E-state index contributed by atoms with van der Waals surface area (Å²) in [4.78, 5) is 21.1. The summed E-state index contributed by atoms with van der Waals surface area (Å²) in [5, 5.41) is 10.8. The van der Waals surface area contributed by atoms with Crippen molar-refractivity contribution in [1.82, 2.24) is 5.32 Å².